The summed E-state index contributed by atoms with van der Waals surface area (Å²) in [7, 11) is 0. The zero-order valence-electron chi connectivity index (χ0n) is 20.3. The van der Waals surface area contributed by atoms with E-state index in [0.29, 0.717) is 6.54 Å². The first-order valence-electron chi connectivity index (χ1n) is 12.0. The second-order valence-corrected chi connectivity index (χ2v) is 9.34. The van der Waals surface area contributed by atoms with Gasteiger partial charge in [-0.25, -0.2) is 0 Å². The Hall–Kier alpha value is -3.31. The lowest BCUT2D eigenvalue weighted by molar-refractivity contribution is 0.278. The summed E-state index contributed by atoms with van der Waals surface area (Å²) < 4.78 is 6.62. The number of rotatable bonds is 6. The normalized spacial score (nSPS) is 14.8. The lowest BCUT2D eigenvalue weighted by Gasteiger charge is -2.45. The van der Waals surface area contributed by atoms with Gasteiger partial charge in [-0.3, -0.25) is 0 Å². The highest BCUT2D eigenvalue weighted by Gasteiger charge is 2.54. The van der Waals surface area contributed by atoms with Crippen molar-refractivity contribution in [3.8, 4) is 11.5 Å². The summed E-state index contributed by atoms with van der Waals surface area (Å²) in [6.07, 6.45) is 1.94. The SMILES string of the molecule is C=CCN1C(=S)c2ccccc2C12c1cc(NCC)c(C)cc1Oc1cc(C)c(NCC)cc12. The van der Waals surface area contributed by atoms with Gasteiger partial charge in [-0.05, 0) is 68.7 Å². The summed E-state index contributed by atoms with van der Waals surface area (Å²) in [4.78, 5) is 3.15. The number of nitrogens with zero attached hydrogens (tertiary/aromatic N) is 1. The maximum absolute atomic E-state index is 6.62. The molecule has 0 unspecified atom stereocenters. The van der Waals surface area contributed by atoms with E-state index in [1.54, 1.807) is 0 Å². The van der Waals surface area contributed by atoms with E-state index in [9.17, 15) is 0 Å². The number of hydrogen-bond donors (Lipinski definition) is 2. The summed E-state index contributed by atoms with van der Waals surface area (Å²) in [6.45, 7) is 14.9. The maximum atomic E-state index is 6.62. The van der Waals surface area contributed by atoms with E-state index >= 15 is 0 Å². The second kappa shape index (κ2) is 8.48. The molecule has 0 aromatic heterocycles. The molecule has 2 N–H and O–H groups in total. The number of benzene rings is 3. The molecule has 34 heavy (non-hydrogen) atoms. The van der Waals surface area contributed by atoms with Crippen molar-refractivity contribution in [1.29, 1.82) is 0 Å². The molecule has 5 heteroatoms. The molecule has 0 bridgehead atoms. The van der Waals surface area contributed by atoms with Crippen LogP contribution in [0.1, 0.15) is 47.2 Å². The Morgan fingerprint density at radius 1 is 0.912 bits per heavy atom. The molecule has 0 aliphatic carbocycles. The standard InChI is InChI=1S/C29H31N3OS/c1-6-13-32-28(34)20-11-9-10-12-21(20)29(32)22-16-24(30-7-2)18(4)14-26(22)33-27-15-19(5)25(31-8-3)17-23(27)29/h6,9-12,14-17,30-31H,1,7-8,13H2,2-5H3. The number of fused-ring (bicyclic) bond motifs is 6. The molecule has 3 aromatic rings. The molecule has 5 rings (SSSR count). The quantitative estimate of drug-likeness (QED) is 0.309. The Balaban J connectivity index is 1.93. The third kappa shape index (κ3) is 3.07. The molecule has 2 heterocycles. The van der Waals surface area contributed by atoms with E-state index < -0.39 is 5.54 Å². The lowest BCUT2D eigenvalue weighted by Crippen LogP contribution is -2.47. The monoisotopic (exact) mass is 469 g/mol. The number of thiocarbonyl (C=S) groups is 1. The third-order valence-corrected chi connectivity index (χ3v) is 7.34. The molecule has 0 saturated carbocycles. The summed E-state index contributed by atoms with van der Waals surface area (Å²) in [5, 5.41) is 7.08. The molecule has 0 fully saturated rings. The second-order valence-electron chi connectivity index (χ2n) is 8.95. The van der Waals surface area contributed by atoms with Crippen molar-refractivity contribution in [3.05, 3.63) is 94.6 Å². The van der Waals surface area contributed by atoms with E-state index in [0.717, 1.165) is 68.8 Å². The van der Waals surface area contributed by atoms with Crippen molar-refractivity contribution in [1.82, 2.24) is 4.90 Å². The molecule has 174 valence electrons. The van der Waals surface area contributed by atoms with Gasteiger partial charge in [-0.15, -0.1) is 6.58 Å². The molecule has 2 aliphatic heterocycles. The van der Waals surface area contributed by atoms with Crippen LogP contribution in [0, 0.1) is 13.8 Å². The number of anilines is 2. The van der Waals surface area contributed by atoms with Crippen LogP contribution >= 0.6 is 12.2 Å². The zero-order valence-corrected chi connectivity index (χ0v) is 21.1. The highest BCUT2D eigenvalue weighted by atomic mass is 32.1. The van der Waals surface area contributed by atoms with Crippen LogP contribution in [0.15, 0.2) is 61.2 Å². The van der Waals surface area contributed by atoms with Gasteiger partial charge in [0.2, 0.25) is 0 Å². The molecule has 1 spiro atoms. The molecule has 0 atom stereocenters. The van der Waals surface area contributed by atoms with Crippen LogP contribution in [0.2, 0.25) is 0 Å². The summed E-state index contributed by atoms with van der Waals surface area (Å²) in [5.41, 5.74) is 8.40. The molecule has 0 amide bonds. The van der Waals surface area contributed by atoms with E-state index in [4.69, 9.17) is 17.0 Å². The first kappa shape index (κ1) is 22.5. The zero-order chi connectivity index (χ0) is 24.0. The van der Waals surface area contributed by atoms with Crippen LogP contribution in [-0.2, 0) is 5.54 Å². The molecule has 4 nitrogen and oxygen atoms in total. The molecule has 2 aliphatic rings. The van der Waals surface area contributed by atoms with E-state index in [1.165, 1.54) is 5.56 Å². The van der Waals surface area contributed by atoms with Crippen molar-refractivity contribution in [2.75, 3.05) is 30.3 Å². The lowest BCUT2D eigenvalue weighted by atomic mass is 9.74. The van der Waals surface area contributed by atoms with Gasteiger partial charge in [0.1, 0.15) is 22.0 Å². The molecule has 0 radical (unpaired) electrons. The van der Waals surface area contributed by atoms with Gasteiger partial charge in [-0.2, -0.15) is 0 Å². The average molecular weight is 470 g/mol. The van der Waals surface area contributed by atoms with Gasteiger partial charge in [0, 0.05) is 47.7 Å². The first-order chi connectivity index (χ1) is 16.5. The van der Waals surface area contributed by atoms with E-state index in [-0.39, 0.29) is 0 Å². The Bertz CT molecular complexity index is 1250. The summed E-state index contributed by atoms with van der Waals surface area (Å²) in [5.74, 6) is 1.74. The minimum absolute atomic E-state index is 0.611. The predicted octanol–water partition coefficient (Wildman–Crippen LogP) is 6.74. The van der Waals surface area contributed by atoms with Gasteiger partial charge in [-0.1, -0.05) is 42.6 Å². The summed E-state index contributed by atoms with van der Waals surface area (Å²) in [6, 6.07) is 17.3. The highest BCUT2D eigenvalue weighted by Crippen LogP contribution is 2.58. The maximum Gasteiger partial charge on any atom is 0.134 e. The Morgan fingerprint density at radius 2 is 1.47 bits per heavy atom. The fourth-order valence-corrected chi connectivity index (χ4v) is 5.87. The van der Waals surface area contributed by atoms with Gasteiger partial charge in [0.05, 0.1) is 0 Å². The number of ether oxygens (including phenoxy) is 1. The van der Waals surface area contributed by atoms with Gasteiger partial charge in [0.25, 0.3) is 0 Å². The van der Waals surface area contributed by atoms with E-state index in [1.807, 2.05) is 6.08 Å². The van der Waals surface area contributed by atoms with Crippen LogP contribution in [0.5, 0.6) is 11.5 Å². The Labute approximate surface area is 207 Å². The van der Waals surface area contributed by atoms with Crippen molar-refractivity contribution in [2.45, 2.75) is 33.2 Å². The molecular formula is C29H31N3OS. The van der Waals surface area contributed by atoms with Crippen molar-refractivity contribution >= 4 is 28.6 Å². The molecule has 0 saturated heterocycles. The largest absolute Gasteiger partial charge is 0.457 e. The van der Waals surface area contributed by atoms with Gasteiger partial charge in [0.15, 0.2) is 0 Å². The smallest absolute Gasteiger partial charge is 0.134 e. The van der Waals surface area contributed by atoms with Crippen LogP contribution in [0.25, 0.3) is 0 Å². The van der Waals surface area contributed by atoms with Crippen molar-refractivity contribution in [3.63, 3.8) is 0 Å². The fourth-order valence-electron chi connectivity index (χ4n) is 5.48. The van der Waals surface area contributed by atoms with E-state index in [2.05, 4.69) is 98.3 Å². The third-order valence-electron chi connectivity index (χ3n) is 6.90. The van der Waals surface area contributed by atoms with Crippen molar-refractivity contribution in [2.24, 2.45) is 0 Å². The van der Waals surface area contributed by atoms with Crippen LogP contribution in [0.3, 0.4) is 0 Å². The minimum atomic E-state index is -0.611. The first-order valence-corrected chi connectivity index (χ1v) is 12.4. The molecule has 3 aromatic carbocycles. The van der Waals surface area contributed by atoms with Gasteiger partial charge >= 0.3 is 0 Å². The van der Waals surface area contributed by atoms with Crippen LogP contribution in [-0.4, -0.2) is 29.5 Å². The predicted molar refractivity (Wildman–Crippen MR) is 146 cm³/mol. The van der Waals surface area contributed by atoms with Crippen LogP contribution in [0.4, 0.5) is 11.4 Å². The Morgan fingerprint density at radius 3 is 2.00 bits per heavy atom. The molecular weight excluding hydrogens is 438 g/mol. The topological polar surface area (TPSA) is 36.5 Å². The highest BCUT2D eigenvalue weighted by molar-refractivity contribution is 7.80. The minimum Gasteiger partial charge on any atom is -0.457 e. The van der Waals surface area contributed by atoms with Gasteiger partial charge < -0.3 is 20.3 Å². The number of hydrogen-bond acceptors (Lipinski definition) is 4. The van der Waals surface area contributed by atoms with Crippen molar-refractivity contribution < 1.29 is 4.74 Å². The number of aryl methyl sites for hydroxylation is 2. The summed E-state index contributed by atoms with van der Waals surface area (Å²) >= 11 is 6.10. The number of nitrogens with one attached hydrogen (secondary N) is 2. The fraction of sp³-hybridized carbons (Fsp3) is 0.276. The average Bonchev–Trinajstić information content (AvgIpc) is 3.06. The Kier molecular flexibility index (Phi) is 5.61. The van der Waals surface area contributed by atoms with Crippen LogP contribution < -0.4 is 15.4 Å².